The van der Waals surface area contributed by atoms with Gasteiger partial charge in [-0.15, -0.1) is 0 Å². The molecule has 1 aliphatic heterocycles. The van der Waals surface area contributed by atoms with Crippen LogP contribution < -0.4 is 5.32 Å². The fourth-order valence-corrected chi connectivity index (χ4v) is 4.60. The molecule has 1 aliphatic carbocycles. The van der Waals surface area contributed by atoms with Gasteiger partial charge in [-0.05, 0) is 61.6 Å². The number of halogens is 4. The van der Waals surface area contributed by atoms with Crippen molar-refractivity contribution >= 4 is 11.8 Å². The van der Waals surface area contributed by atoms with Crippen LogP contribution in [0.2, 0.25) is 0 Å². The third kappa shape index (κ3) is 4.88. The van der Waals surface area contributed by atoms with Crippen LogP contribution in [0.3, 0.4) is 0 Å². The summed E-state index contributed by atoms with van der Waals surface area (Å²) < 4.78 is 58.7. The topological polar surface area (TPSA) is 58.6 Å². The second-order valence-electron chi connectivity index (χ2n) is 8.44. The van der Waals surface area contributed by atoms with Crippen LogP contribution in [-0.2, 0) is 22.3 Å². The summed E-state index contributed by atoms with van der Waals surface area (Å²) in [5, 5.41) is 2.64. The van der Waals surface area contributed by atoms with Gasteiger partial charge in [0, 0.05) is 12.1 Å². The van der Waals surface area contributed by atoms with Gasteiger partial charge in [0.05, 0.1) is 12.2 Å². The maximum Gasteiger partial charge on any atom is 0.416 e. The minimum Gasteiger partial charge on any atom is -0.353 e. The van der Waals surface area contributed by atoms with Gasteiger partial charge in [-0.2, -0.15) is 13.2 Å². The molecule has 1 saturated carbocycles. The van der Waals surface area contributed by atoms with Gasteiger partial charge >= 0.3 is 6.18 Å². The molecule has 2 amide bonds. The molecule has 1 heterocycles. The van der Waals surface area contributed by atoms with Crippen LogP contribution in [0, 0.1) is 5.82 Å². The average molecular weight is 464 g/mol. The van der Waals surface area contributed by atoms with Gasteiger partial charge in [0.15, 0.2) is 0 Å². The number of benzene rings is 2. The summed E-state index contributed by atoms with van der Waals surface area (Å²) in [5.74, 6) is -1.60. The fraction of sp³-hybridized carbons (Fsp3) is 0.417. The molecule has 2 aliphatic rings. The highest BCUT2D eigenvalue weighted by molar-refractivity contribution is 5.98. The van der Waals surface area contributed by atoms with E-state index in [1.54, 1.807) is 0 Å². The number of carbonyl (C=O) groups excluding carboxylic acids is 2. The molecule has 5 nitrogen and oxygen atoms in total. The van der Waals surface area contributed by atoms with Gasteiger partial charge in [-0.1, -0.05) is 24.6 Å². The number of hydrogen-bond donors (Lipinski definition) is 1. The van der Waals surface area contributed by atoms with E-state index in [9.17, 15) is 27.2 Å². The largest absolute Gasteiger partial charge is 0.416 e. The van der Waals surface area contributed by atoms with Crippen LogP contribution in [0.25, 0.3) is 0 Å². The van der Waals surface area contributed by atoms with E-state index >= 15 is 0 Å². The van der Waals surface area contributed by atoms with E-state index < -0.39 is 41.1 Å². The molecule has 1 spiro atoms. The van der Waals surface area contributed by atoms with Gasteiger partial charge in [0.25, 0.3) is 5.91 Å². The third-order valence-electron chi connectivity index (χ3n) is 6.21. The molecule has 2 fully saturated rings. The molecule has 0 radical (unpaired) electrons. The van der Waals surface area contributed by atoms with Crippen LogP contribution >= 0.6 is 0 Å². The van der Waals surface area contributed by atoms with E-state index in [0.29, 0.717) is 12.8 Å². The Labute approximate surface area is 188 Å². The first-order chi connectivity index (χ1) is 15.7. The number of amides is 2. The van der Waals surface area contributed by atoms with Crippen LogP contribution in [0.15, 0.2) is 48.5 Å². The maximum absolute atomic E-state index is 13.8. The lowest BCUT2D eigenvalue weighted by Gasteiger charge is -2.41. The molecular formula is C24H24F4N2O3. The molecular weight excluding hydrogens is 440 g/mol. The lowest BCUT2D eigenvalue weighted by atomic mass is 9.89. The van der Waals surface area contributed by atoms with Crippen LogP contribution in [0.1, 0.15) is 53.6 Å². The van der Waals surface area contributed by atoms with E-state index in [1.165, 1.54) is 35.2 Å². The number of nitrogens with one attached hydrogen (secondary N) is 1. The van der Waals surface area contributed by atoms with Crippen LogP contribution in [0.5, 0.6) is 0 Å². The predicted molar refractivity (Wildman–Crippen MR) is 111 cm³/mol. The Morgan fingerprint density at radius 3 is 2.48 bits per heavy atom. The average Bonchev–Trinajstić information content (AvgIpc) is 3.15. The zero-order valence-electron chi connectivity index (χ0n) is 17.8. The number of ether oxygens (including phenoxy) is 1. The minimum absolute atomic E-state index is 0.0323. The summed E-state index contributed by atoms with van der Waals surface area (Å²) in [7, 11) is 0. The Bertz CT molecular complexity index is 1030. The summed E-state index contributed by atoms with van der Waals surface area (Å²) in [6, 6.07) is 8.99. The molecule has 33 heavy (non-hydrogen) atoms. The standard InChI is InChI=1S/C24H24F4N2O3/c25-19-9-5-7-17(13-19)22(32)30-20(15-33-23(30)10-2-1-3-11-23)21(31)29-14-16-6-4-8-18(12-16)24(26,27)28/h4-9,12-13,20H,1-3,10-11,14-15H2,(H,29,31)/t20-/m0/s1. The number of carbonyl (C=O) groups is 2. The maximum atomic E-state index is 13.8. The smallest absolute Gasteiger partial charge is 0.353 e. The van der Waals surface area contributed by atoms with Crippen molar-refractivity contribution in [3.05, 3.63) is 71.0 Å². The van der Waals surface area contributed by atoms with Gasteiger partial charge in [-0.25, -0.2) is 4.39 Å². The third-order valence-corrected chi connectivity index (χ3v) is 6.21. The molecule has 1 N–H and O–H groups in total. The number of alkyl halides is 3. The van der Waals surface area contributed by atoms with E-state index in [4.69, 9.17) is 4.74 Å². The van der Waals surface area contributed by atoms with Crippen LogP contribution in [-0.4, -0.2) is 35.1 Å². The van der Waals surface area contributed by atoms with E-state index in [1.807, 2.05) is 0 Å². The molecule has 2 aromatic carbocycles. The van der Waals surface area contributed by atoms with Crippen molar-refractivity contribution in [2.45, 2.75) is 56.6 Å². The fourth-order valence-electron chi connectivity index (χ4n) is 4.60. The lowest BCUT2D eigenvalue weighted by molar-refractivity contribution is -0.137. The van der Waals surface area contributed by atoms with Crippen LogP contribution in [0.4, 0.5) is 17.6 Å². The Kier molecular flexibility index (Phi) is 6.43. The summed E-state index contributed by atoms with van der Waals surface area (Å²) in [6.45, 7) is -0.163. The minimum atomic E-state index is -4.49. The molecule has 0 bridgehead atoms. The molecule has 2 aromatic rings. The van der Waals surface area contributed by atoms with Crippen molar-refractivity contribution in [1.82, 2.24) is 10.2 Å². The quantitative estimate of drug-likeness (QED) is 0.670. The molecule has 0 aromatic heterocycles. The summed E-state index contributed by atoms with van der Waals surface area (Å²) >= 11 is 0. The van der Waals surface area contributed by atoms with Crippen molar-refractivity contribution in [2.75, 3.05) is 6.61 Å². The number of nitrogens with zero attached hydrogens (tertiary/aromatic N) is 1. The first-order valence-corrected chi connectivity index (χ1v) is 10.9. The van der Waals surface area contributed by atoms with E-state index in [-0.39, 0.29) is 24.3 Å². The second-order valence-corrected chi connectivity index (χ2v) is 8.44. The SMILES string of the molecule is O=C(NCc1cccc(C(F)(F)F)c1)[C@@H]1COC2(CCCCC2)N1C(=O)c1cccc(F)c1. The van der Waals surface area contributed by atoms with Crippen molar-refractivity contribution in [2.24, 2.45) is 0 Å². The Morgan fingerprint density at radius 2 is 1.79 bits per heavy atom. The molecule has 4 rings (SSSR count). The second kappa shape index (κ2) is 9.13. The van der Waals surface area contributed by atoms with Crippen molar-refractivity contribution in [3.63, 3.8) is 0 Å². The highest BCUT2D eigenvalue weighted by Crippen LogP contribution is 2.41. The van der Waals surface area contributed by atoms with Crippen molar-refractivity contribution < 1.29 is 31.9 Å². The summed E-state index contributed by atoms with van der Waals surface area (Å²) in [6.07, 6.45) is -0.728. The summed E-state index contributed by atoms with van der Waals surface area (Å²) in [4.78, 5) is 27.9. The first kappa shape index (κ1) is 23.2. The first-order valence-electron chi connectivity index (χ1n) is 10.9. The highest BCUT2D eigenvalue weighted by atomic mass is 19.4. The predicted octanol–water partition coefficient (Wildman–Crippen LogP) is 4.66. The summed E-state index contributed by atoms with van der Waals surface area (Å²) in [5.41, 5.74) is -1.35. The van der Waals surface area contributed by atoms with Gasteiger partial charge in [0.2, 0.25) is 5.91 Å². The van der Waals surface area contributed by atoms with E-state index in [2.05, 4.69) is 5.32 Å². The zero-order valence-corrected chi connectivity index (χ0v) is 17.8. The monoisotopic (exact) mass is 464 g/mol. The molecule has 1 saturated heterocycles. The lowest BCUT2D eigenvalue weighted by Crippen LogP contribution is -2.56. The van der Waals surface area contributed by atoms with E-state index in [0.717, 1.165) is 37.5 Å². The van der Waals surface area contributed by atoms with Gasteiger partial charge in [0.1, 0.15) is 17.6 Å². The Hall–Kier alpha value is -2.94. The van der Waals surface area contributed by atoms with Gasteiger partial charge in [-0.3, -0.25) is 14.5 Å². The number of hydrogen-bond acceptors (Lipinski definition) is 3. The zero-order chi connectivity index (χ0) is 23.6. The molecule has 176 valence electrons. The molecule has 9 heteroatoms. The molecule has 0 unspecified atom stereocenters. The molecule has 1 atom stereocenters. The normalized spacial score (nSPS) is 20.1. The highest BCUT2D eigenvalue weighted by Gasteiger charge is 2.53. The van der Waals surface area contributed by atoms with Crippen molar-refractivity contribution in [1.29, 1.82) is 0 Å². The van der Waals surface area contributed by atoms with Crippen molar-refractivity contribution in [3.8, 4) is 0 Å². The van der Waals surface area contributed by atoms with Gasteiger partial charge < -0.3 is 10.1 Å². The Morgan fingerprint density at radius 1 is 1.06 bits per heavy atom. The number of rotatable bonds is 4. The Balaban J connectivity index is 1.55.